The minimum absolute atomic E-state index is 0.286. The second-order valence-corrected chi connectivity index (χ2v) is 3.36. The van der Waals surface area contributed by atoms with Crippen LogP contribution in [0, 0.1) is 0 Å². The lowest BCUT2D eigenvalue weighted by Gasteiger charge is -2.23. The highest BCUT2D eigenvalue weighted by Gasteiger charge is 2.24. The molecule has 0 aromatic carbocycles. The normalized spacial score (nSPS) is 19.2. The zero-order chi connectivity index (χ0) is 8.97. The number of hydrogen-bond donors (Lipinski definition) is 0. The van der Waals surface area contributed by atoms with E-state index in [0.29, 0.717) is 6.42 Å². The van der Waals surface area contributed by atoms with E-state index >= 15 is 0 Å². The smallest absolute Gasteiger partial charge is 0.238 e. The van der Waals surface area contributed by atoms with Gasteiger partial charge in [0.2, 0.25) is 5.91 Å². The van der Waals surface area contributed by atoms with Gasteiger partial charge < -0.3 is 0 Å². The van der Waals surface area contributed by atoms with Gasteiger partial charge in [-0.2, -0.15) is 0 Å². The van der Waals surface area contributed by atoms with Gasteiger partial charge in [0.1, 0.15) is 0 Å². The third-order valence-electron chi connectivity index (χ3n) is 2.32. The number of hydrogen-bond acceptors (Lipinski definition) is 2. The van der Waals surface area contributed by atoms with E-state index in [0.717, 1.165) is 19.5 Å². The molecule has 0 spiro atoms. The molecule has 0 atom stereocenters. The van der Waals surface area contributed by atoms with Gasteiger partial charge in [0.05, 0.1) is 0 Å². The summed E-state index contributed by atoms with van der Waals surface area (Å²) in [6.45, 7) is 3.98. The molecule has 0 radical (unpaired) electrons. The lowest BCUT2D eigenvalue weighted by molar-refractivity contribution is -0.136. The van der Waals surface area contributed by atoms with E-state index in [-0.39, 0.29) is 5.91 Å². The van der Waals surface area contributed by atoms with Crippen LogP contribution in [0.15, 0.2) is 0 Å². The van der Waals surface area contributed by atoms with Crippen LogP contribution in [-0.4, -0.2) is 36.1 Å². The van der Waals surface area contributed by atoms with E-state index in [2.05, 4.69) is 6.92 Å². The molecule has 1 fully saturated rings. The summed E-state index contributed by atoms with van der Waals surface area (Å²) in [4.78, 5) is 11.3. The van der Waals surface area contributed by atoms with Crippen LogP contribution in [0.25, 0.3) is 0 Å². The molecule has 0 unspecified atom stereocenters. The SMILES string of the molecule is CCCCCN1C(=O)CCN1C. The molecule has 1 rings (SSSR count). The highest BCUT2D eigenvalue weighted by molar-refractivity contribution is 5.77. The Morgan fingerprint density at radius 2 is 2.17 bits per heavy atom. The highest BCUT2D eigenvalue weighted by atomic mass is 16.2. The van der Waals surface area contributed by atoms with Gasteiger partial charge in [-0.25, -0.2) is 5.01 Å². The third kappa shape index (κ3) is 2.21. The van der Waals surface area contributed by atoms with Crippen LogP contribution in [0.1, 0.15) is 32.6 Å². The van der Waals surface area contributed by atoms with E-state index in [1.807, 2.05) is 17.1 Å². The first-order valence-corrected chi connectivity index (χ1v) is 4.77. The molecule has 12 heavy (non-hydrogen) atoms. The standard InChI is InChI=1S/C9H18N2O/c1-3-4-5-7-11-9(12)6-8-10(11)2/h3-8H2,1-2H3. The van der Waals surface area contributed by atoms with Crippen molar-refractivity contribution in [1.29, 1.82) is 0 Å². The van der Waals surface area contributed by atoms with Crippen molar-refractivity contribution in [2.45, 2.75) is 32.6 Å². The van der Waals surface area contributed by atoms with Gasteiger partial charge in [-0.05, 0) is 6.42 Å². The van der Waals surface area contributed by atoms with Crippen LogP contribution in [-0.2, 0) is 4.79 Å². The summed E-state index contributed by atoms with van der Waals surface area (Å²) >= 11 is 0. The summed E-state index contributed by atoms with van der Waals surface area (Å²) < 4.78 is 0. The molecule has 70 valence electrons. The van der Waals surface area contributed by atoms with E-state index in [9.17, 15) is 4.79 Å². The number of rotatable bonds is 4. The summed E-state index contributed by atoms with van der Waals surface area (Å²) in [5.74, 6) is 0.286. The second kappa shape index (κ2) is 4.45. The molecule has 0 aliphatic carbocycles. The predicted molar refractivity (Wildman–Crippen MR) is 48.5 cm³/mol. The maximum atomic E-state index is 11.3. The Balaban J connectivity index is 2.25. The number of carbonyl (C=O) groups excluding carboxylic acids is 1. The van der Waals surface area contributed by atoms with Gasteiger partial charge in [0, 0.05) is 26.6 Å². The number of hydrazine groups is 1. The van der Waals surface area contributed by atoms with Gasteiger partial charge in [-0.15, -0.1) is 0 Å². The Bertz CT molecular complexity index is 159. The molecule has 1 amide bonds. The first-order valence-electron chi connectivity index (χ1n) is 4.77. The molecule has 3 heteroatoms. The zero-order valence-electron chi connectivity index (χ0n) is 8.05. The molecule has 1 saturated heterocycles. The van der Waals surface area contributed by atoms with E-state index in [1.54, 1.807) is 0 Å². The highest BCUT2D eigenvalue weighted by Crippen LogP contribution is 2.10. The molecule has 1 aliphatic rings. The number of nitrogens with zero attached hydrogens (tertiary/aromatic N) is 2. The number of unbranched alkanes of at least 4 members (excludes halogenated alkanes) is 2. The summed E-state index contributed by atoms with van der Waals surface area (Å²) in [5, 5.41) is 3.90. The van der Waals surface area contributed by atoms with Gasteiger partial charge in [-0.1, -0.05) is 19.8 Å². The molecule has 0 aromatic heterocycles. The zero-order valence-corrected chi connectivity index (χ0v) is 8.05. The minimum atomic E-state index is 0.286. The van der Waals surface area contributed by atoms with Gasteiger partial charge in [-0.3, -0.25) is 9.80 Å². The molecule has 0 bridgehead atoms. The van der Waals surface area contributed by atoms with Gasteiger partial charge in [0.25, 0.3) is 0 Å². The van der Waals surface area contributed by atoms with Crippen LogP contribution < -0.4 is 0 Å². The van der Waals surface area contributed by atoms with E-state index in [4.69, 9.17) is 0 Å². The van der Waals surface area contributed by atoms with Crippen molar-refractivity contribution in [3.05, 3.63) is 0 Å². The summed E-state index contributed by atoms with van der Waals surface area (Å²) in [5.41, 5.74) is 0. The van der Waals surface area contributed by atoms with Gasteiger partial charge in [0.15, 0.2) is 0 Å². The average molecular weight is 170 g/mol. The topological polar surface area (TPSA) is 23.6 Å². The van der Waals surface area contributed by atoms with Crippen LogP contribution in [0.2, 0.25) is 0 Å². The summed E-state index contributed by atoms with van der Waals surface area (Å²) in [7, 11) is 1.98. The van der Waals surface area contributed by atoms with Gasteiger partial charge >= 0.3 is 0 Å². The van der Waals surface area contributed by atoms with Crippen molar-refractivity contribution in [3.8, 4) is 0 Å². The quantitative estimate of drug-likeness (QED) is 0.593. The van der Waals surface area contributed by atoms with Crippen molar-refractivity contribution in [2.75, 3.05) is 20.1 Å². The van der Waals surface area contributed by atoms with Crippen molar-refractivity contribution < 1.29 is 4.79 Å². The van der Waals surface area contributed by atoms with E-state index < -0.39 is 0 Å². The van der Waals surface area contributed by atoms with Crippen molar-refractivity contribution in [2.24, 2.45) is 0 Å². The summed E-state index contributed by atoms with van der Waals surface area (Å²) in [6.07, 6.45) is 4.26. The molecular formula is C9H18N2O. The average Bonchev–Trinajstić information content (AvgIpc) is 2.35. The first-order chi connectivity index (χ1) is 5.75. The fourth-order valence-corrected chi connectivity index (χ4v) is 1.50. The molecule has 1 heterocycles. The van der Waals surface area contributed by atoms with Crippen LogP contribution in [0.3, 0.4) is 0 Å². The monoisotopic (exact) mass is 170 g/mol. The molecular weight excluding hydrogens is 152 g/mol. The lowest BCUT2D eigenvalue weighted by Crippen LogP contribution is -2.36. The molecule has 3 nitrogen and oxygen atoms in total. The van der Waals surface area contributed by atoms with E-state index in [1.165, 1.54) is 12.8 Å². The maximum absolute atomic E-state index is 11.3. The minimum Gasteiger partial charge on any atom is -0.276 e. The second-order valence-electron chi connectivity index (χ2n) is 3.36. The van der Waals surface area contributed by atoms with Crippen molar-refractivity contribution >= 4 is 5.91 Å². The molecule has 0 aromatic rings. The predicted octanol–water partition coefficient (Wildman–Crippen LogP) is 1.26. The number of amides is 1. The third-order valence-corrected chi connectivity index (χ3v) is 2.32. The van der Waals surface area contributed by atoms with Crippen LogP contribution in [0.4, 0.5) is 0 Å². The molecule has 0 N–H and O–H groups in total. The first kappa shape index (κ1) is 9.52. The lowest BCUT2D eigenvalue weighted by atomic mass is 10.2. The molecule has 1 aliphatic heterocycles. The summed E-state index contributed by atoms with van der Waals surface area (Å²) in [6, 6.07) is 0. The van der Waals surface area contributed by atoms with Crippen LogP contribution in [0.5, 0.6) is 0 Å². The fourth-order valence-electron chi connectivity index (χ4n) is 1.50. The van der Waals surface area contributed by atoms with Crippen LogP contribution >= 0.6 is 0 Å². The molecule has 0 saturated carbocycles. The van der Waals surface area contributed by atoms with Crippen molar-refractivity contribution in [3.63, 3.8) is 0 Å². The largest absolute Gasteiger partial charge is 0.276 e. The Labute approximate surface area is 74.3 Å². The van der Waals surface area contributed by atoms with Crippen molar-refractivity contribution in [1.82, 2.24) is 10.0 Å². The maximum Gasteiger partial charge on any atom is 0.238 e. The Kier molecular flexibility index (Phi) is 3.53. The Morgan fingerprint density at radius 3 is 2.67 bits per heavy atom. The Morgan fingerprint density at radius 1 is 1.42 bits per heavy atom. The fraction of sp³-hybridized carbons (Fsp3) is 0.889. The Hall–Kier alpha value is -0.570. The number of carbonyl (C=O) groups is 1.